The Morgan fingerprint density at radius 3 is 2.44 bits per heavy atom. The largest absolute Gasteiger partial charge is 0.493 e. The van der Waals surface area contributed by atoms with Crippen molar-refractivity contribution in [1.29, 1.82) is 0 Å². The van der Waals surface area contributed by atoms with E-state index in [0.717, 1.165) is 23.8 Å². The minimum atomic E-state index is 0.101. The Morgan fingerprint density at radius 1 is 1.25 bits per heavy atom. The van der Waals surface area contributed by atoms with Gasteiger partial charge in [-0.25, -0.2) is 0 Å². The quantitative estimate of drug-likeness (QED) is 0.843. The van der Waals surface area contributed by atoms with Crippen LogP contribution in [0.4, 0.5) is 0 Å². The lowest BCUT2D eigenvalue weighted by Gasteiger charge is -2.12. The highest BCUT2D eigenvalue weighted by Gasteiger charge is 2.15. The number of ether oxygens (including phenoxy) is 1. The molecular formula is C14H21NO. The number of rotatable bonds is 4. The van der Waals surface area contributed by atoms with E-state index in [1.54, 1.807) is 0 Å². The smallest absolute Gasteiger partial charge is 0.119 e. The van der Waals surface area contributed by atoms with Crippen LogP contribution in [-0.2, 0) is 0 Å². The van der Waals surface area contributed by atoms with Crippen LogP contribution in [0.3, 0.4) is 0 Å². The monoisotopic (exact) mass is 219 g/mol. The van der Waals surface area contributed by atoms with E-state index >= 15 is 0 Å². The summed E-state index contributed by atoms with van der Waals surface area (Å²) in [4.78, 5) is 0. The fourth-order valence-electron chi connectivity index (χ4n) is 2.26. The molecular weight excluding hydrogens is 198 g/mol. The fourth-order valence-corrected chi connectivity index (χ4v) is 2.26. The SMILES string of the molecule is C[C@H](N)c1ccc(OCC2CCCC2)cc1. The molecule has 0 unspecified atom stereocenters. The highest BCUT2D eigenvalue weighted by Crippen LogP contribution is 2.25. The summed E-state index contributed by atoms with van der Waals surface area (Å²) in [6, 6.07) is 8.24. The Bertz CT molecular complexity index is 312. The second kappa shape index (κ2) is 5.35. The molecule has 0 aromatic heterocycles. The molecule has 0 bridgehead atoms. The zero-order chi connectivity index (χ0) is 11.4. The predicted octanol–water partition coefficient (Wildman–Crippen LogP) is 3.28. The van der Waals surface area contributed by atoms with E-state index in [-0.39, 0.29) is 6.04 Å². The van der Waals surface area contributed by atoms with Crippen LogP contribution in [0.25, 0.3) is 0 Å². The summed E-state index contributed by atoms with van der Waals surface area (Å²) < 4.78 is 5.78. The third-order valence-electron chi connectivity index (χ3n) is 3.37. The van der Waals surface area contributed by atoms with Crippen LogP contribution in [0.15, 0.2) is 24.3 Å². The van der Waals surface area contributed by atoms with Crippen LogP contribution in [-0.4, -0.2) is 6.61 Å². The van der Waals surface area contributed by atoms with Crippen LogP contribution < -0.4 is 10.5 Å². The third-order valence-corrected chi connectivity index (χ3v) is 3.37. The molecule has 1 aromatic carbocycles. The van der Waals surface area contributed by atoms with Crippen molar-refractivity contribution in [3.05, 3.63) is 29.8 Å². The molecule has 1 fully saturated rings. The van der Waals surface area contributed by atoms with Crippen LogP contribution >= 0.6 is 0 Å². The first-order chi connectivity index (χ1) is 7.75. The van der Waals surface area contributed by atoms with Gasteiger partial charge < -0.3 is 10.5 Å². The number of hydrogen-bond acceptors (Lipinski definition) is 2. The van der Waals surface area contributed by atoms with Gasteiger partial charge in [0, 0.05) is 6.04 Å². The summed E-state index contributed by atoms with van der Waals surface area (Å²) in [7, 11) is 0. The molecule has 0 radical (unpaired) electrons. The average Bonchev–Trinajstić information content (AvgIpc) is 2.80. The van der Waals surface area contributed by atoms with Gasteiger partial charge in [-0.05, 0) is 43.4 Å². The van der Waals surface area contributed by atoms with Crippen molar-refractivity contribution >= 4 is 0 Å². The molecule has 2 rings (SSSR count). The Labute approximate surface area is 97.8 Å². The summed E-state index contributed by atoms with van der Waals surface area (Å²) in [5.74, 6) is 1.74. The first-order valence-electron chi connectivity index (χ1n) is 6.24. The lowest BCUT2D eigenvalue weighted by Crippen LogP contribution is -2.08. The Morgan fingerprint density at radius 2 is 1.88 bits per heavy atom. The summed E-state index contributed by atoms with van der Waals surface area (Å²) in [6.07, 6.45) is 5.41. The number of hydrogen-bond donors (Lipinski definition) is 1. The normalized spacial score (nSPS) is 18.6. The van der Waals surface area contributed by atoms with Gasteiger partial charge in [0.1, 0.15) is 5.75 Å². The molecule has 1 atom stereocenters. The molecule has 2 nitrogen and oxygen atoms in total. The molecule has 1 aliphatic carbocycles. The minimum Gasteiger partial charge on any atom is -0.493 e. The van der Waals surface area contributed by atoms with Gasteiger partial charge in [0.2, 0.25) is 0 Å². The minimum absolute atomic E-state index is 0.101. The van der Waals surface area contributed by atoms with Crippen molar-refractivity contribution < 1.29 is 4.74 Å². The maximum absolute atomic E-state index is 5.80. The lowest BCUT2D eigenvalue weighted by atomic mass is 10.1. The highest BCUT2D eigenvalue weighted by molar-refractivity contribution is 5.28. The van der Waals surface area contributed by atoms with Crippen molar-refractivity contribution in [2.24, 2.45) is 11.7 Å². The van der Waals surface area contributed by atoms with E-state index in [9.17, 15) is 0 Å². The summed E-state index contributed by atoms with van der Waals surface area (Å²) in [5.41, 5.74) is 6.96. The van der Waals surface area contributed by atoms with E-state index in [1.807, 2.05) is 19.1 Å². The molecule has 1 aromatic rings. The molecule has 0 amide bonds. The molecule has 1 aliphatic rings. The van der Waals surface area contributed by atoms with Crippen molar-refractivity contribution in [3.8, 4) is 5.75 Å². The van der Waals surface area contributed by atoms with Crippen molar-refractivity contribution in [2.45, 2.75) is 38.6 Å². The zero-order valence-corrected chi connectivity index (χ0v) is 9.99. The summed E-state index contributed by atoms with van der Waals surface area (Å²) in [6.45, 7) is 2.87. The highest BCUT2D eigenvalue weighted by atomic mass is 16.5. The molecule has 16 heavy (non-hydrogen) atoms. The zero-order valence-electron chi connectivity index (χ0n) is 9.99. The Hall–Kier alpha value is -1.02. The third kappa shape index (κ3) is 2.99. The van der Waals surface area contributed by atoms with E-state index in [2.05, 4.69) is 12.1 Å². The molecule has 0 heterocycles. The van der Waals surface area contributed by atoms with Gasteiger partial charge in [0.25, 0.3) is 0 Å². The van der Waals surface area contributed by atoms with Gasteiger partial charge in [-0.3, -0.25) is 0 Å². The molecule has 0 saturated heterocycles. The van der Waals surface area contributed by atoms with Gasteiger partial charge in [-0.15, -0.1) is 0 Å². The lowest BCUT2D eigenvalue weighted by molar-refractivity contribution is 0.252. The van der Waals surface area contributed by atoms with Crippen LogP contribution in [0.5, 0.6) is 5.75 Å². The maximum atomic E-state index is 5.80. The van der Waals surface area contributed by atoms with Crippen molar-refractivity contribution in [3.63, 3.8) is 0 Å². The van der Waals surface area contributed by atoms with Crippen LogP contribution in [0.2, 0.25) is 0 Å². The predicted molar refractivity (Wildman–Crippen MR) is 66.5 cm³/mol. The van der Waals surface area contributed by atoms with Gasteiger partial charge in [0.15, 0.2) is 0 Å². The van der Waals surface area contributed by atoms with E-state index in [4.69, 9.17) is 10.5 Å². The number of benzene rings is 1. The topological polar surface area (TPSA) is 35.2 Å². The van der Waals surface area contributed by atoms with E-state index in [1.165, 1.54) is 25.7 Å². The summed E-state index contributed by atoms with van der Waals surface area (Å²) >= 11 is 0. The summed E-state index contributed by atoms with van der Waals surface area (Å²) in [5, 5.41) is 0. The Kier molecular flexibility index (Phi) is 3.83. The van der Waals surface area contributed by atoms with Gasteiger partial charge in [0.05, 0.1) is 6.61 Å². The molecule has 1 saturated carbocycles. The maximum Gasteiger partial charge on any atom is 0.119 e. The van der Waals surface area contributed by atoms with E-state index < -0.39 is 0 Å². The fraction of sp³-hybridized carbons (Fsp3) is 0.571. The van der Waals surface area contributed by atoms with Crippen molar-refractivity contribution in [2.75, 3.05) is 6.61 Å². The first-order valence-corrected chi connectivity index (χ1v) is 6.24. The van der Waals surface area contributed by atoms with E-state index in [0.29, 0.717) is 0 Å². The number of nitrogens with two attached hydrogens (primary N) is 1. The van der Waals surface area contributed by atoms with Gasteiger partial charge >= 0.3 is 0 Å². The van der Waals surface area contributed by atoms with Crippen LogP contribution in [0.1, 0.15) is 44.2 Å². The van der Waals surface area contributed by atoms with Crippen molar-refractivity contribution in [1.82, 2.24) is 0 Å². The molecule has 88 valence electrons. The molecule has 2 N–H and O–H groups in total. The second-order valence-corrected chi connectivity index (χ2v) is 4.82. The molecule has 0 spiro atoms. The molecule has 0 aliphatic heterocycles. The first kappa shape index (κ1) is 11.5. The van der Waals surface area contributed by atoms with Gasteiger partial charge in [-0.2, -0.15) is 0 Å². The average molecular weight is 219 g/mol. The van der Waals surface area contributed by atoms with Gasteiger partial charge in [-0.1, -0.05) is 25.0 Å². The standard InChI is InChI=1S/C14H21NO/c1-11(15)13-6-8-14(9-7-13)16-10-12-4-2-3-5-12/h6-9,11-12H,2-5,10,15H2,1H3/t11-/m0/s1. The second-order valence-electron chi connectivity index (χ2n) is 4.82. The van der Waals surface area contributed by atoms with Crippen LogP contribution in [0, 0.1) is 5.92 Å². The Balaban J connectivity index is 1.84. The molecule has 2 heteroatoms.